The van der Waals surface area contributed by atoms with E-state index in [1.807, 2.05) is 10.9 Å². The van der Waals surface area contributed by atoms with Crippen LogP contribution in [0, 0.1) is 0 Å². The molecule has 1 fully saturated rings. The van der Waals surface area contributed by atoms with Crippen molar-refractivity contribution in [2.45, 2.75) is 37.8 Å². The van der Waals surface area contributed by atoms with E-state index in [2.05, 4.69) is 5.10 Å². The highest BCUT2D eigenvalue weighted by atomic mass is 16.3. The standard InChI is InChI=1S/C9H15N3O/c10-7-5-11-12(6-7)8-1-3-9(13)4-2-8/h5-6,8-9,13H,1-4,10H2/t8-,9+. The van der Waals surface area contributed by atoms with Crippen molar-refractivity contribution in [3.8, 4) is 0 Å². The van der Waals surface area contributed by atoms with Gasteiger partial charge < -0.3 is 10.8 Å². The van der Waals surface area contributed by atoms with E-state index in [0.29, 0.717) is 11.7 Å². The molecule has 1 aliphatic carbocycles. The molecule has 0 aromatic carbocycles. The lowest BCUT2D eigenvalue weighted by atomic mass is 9.93. The molecule has 0 atom stereocenters. The van der Waals surface area contributed by atoms with Crippen molar-refractivity contribution in [1.29, 1.82) is 0 Å². The van der Waals surface area contributed by atoms with Gasteiger partial charge in [0.15, 0.2) is 0 Å². The molecule has 0 unspecified atom stereocenters. The van der Waals surface area contributed by atoms with Crippen molar-refractivity contribution in [2.24, 2.45) is 0 Å². The van der Waals surface area contributed by atoms with Crippen LogP contribution in [-0.2, 0) is 0 Å². The Balaban J connectivity index is 2.02. The molecule has 2 rings (SSSR count). The smallest absolute Gasteiger partial charge is 0.0719 e. The summed E-state index contributed by atoms with van der Waals surface area (Å²) >= 11 is 0. The van der Waals surface area contributed by atoms with Crippen LogP contribution in [0.3, 0.4) is 0 Å². The molecule has 13 heavy (non-hydrogen) atoms. The zero-order chi connectivity index (χ0) is 9.26. The molecule has 0 bridgehead atoms. The summed E-state index contributed by atoms with van der Waals surface area (Å²) in [5, 5.41) is 13.5. The largest absolute Gasteiger partial charge is 0.396 e. The van der Waals surface area contributed by atoms with Crippen molar-refractivity contribution >= 4 is 5.69 Å². The summed E-state index contributed by atoms with van der Waals surface area (Å²) in [6.45, 7) is 0. The summed E-state index contributed by atoms with van der Waals surface area (Å²) in [5.41, 5.74) is 6.29. The topological polar surface area (TPSA) is 64.1 Å². The molecule has 3 N–H and O–H groups in total. The second-order valence-corrected chi connectivity index (χ2v) is 3.72. The van der Waals surface area contributed by atoms with Gasteiger partial charge in [0, 0.05) is 6.20 Å². The number of anilines is 1. The Morgan fingerprint density at radius 1 is 1.38 bits per heavy atom. The van der Waals surface area contributed by atoms with E-state index in [4.69, 9.17) is 5.73 Å². The molecular weight excluding hydrogens is 166 g/mol. The van der Waals surface area contributed by atoms with E-state index in [1.54, 1.807) is 6.20 Å². The molecule has 72 valence electrons. The van der Waals surface area contributed by atoms with Crippen molar-refractivity contribution in [2.75, 3.05) is 5.73 Å². The molecular formula is C9H15N3O. The average molecular weight is 181 g/mol. The lowest BCUT2D eigenvalue weighted by Crippen LogP contribution is -2.21. The van der Waals surface area contributed by atoms with E-state index >= 15 is 0 Å². The third-order valence-corrected chi connectivity index (χ3v) is 2.66. The molecule has 0 spiro atoms. The first-order valence-corrected chi connectivity index (χ1v) is 4.73. The lowest BCUT2D eigenvalue weighted by molar-refractivity contribution is 0.108. The van der Waals surface area contributed by atoms with Crippen LogP contribution in [0.1, 0.15) is 31.7 Å². The minimum Gasteiger partial charge on any atom is -0.396 e. The Hall–Kier alpha value is -1.03. The molecule has 4 nitrogen and oxygen atoms in total. The number of rotatable bonds is 1. The fourth-order valence-corrected chi connectivity index (χ4v) is 1.88. The normalized spacial score (nSPS) is 29.0. The zero-order valence-corrected chi connectivity index (χ0v) is 7.56. The number of aromatic nitrogens is 2. The Labute approximate surface area is 77.4 Å². The summed E-state index contributed by atoms with van der Waals surface area (Å²) in [7, 11) is 0. The Kier molecular flexibility index (Phi) is 2.22. The number of aliphatic hydroxyl groups excluding tert-OH is 1. The third kappa shape index (κ3) is 1.83. The van der Waals surface area contributed by atoms with Crippen LogP contribution in [0.4, 0.5) is 5.69 Å². The fourth-order valence-electron chi connectivity index (χ4n) is 1.88. The predicted molar refractivity (Wildman–Crippen MR) is 50.2 cm³/mol. The van der Waals surface area contributed by atoms with Crippen LogP contribution < -0.4 is 5.73 Å². The Bertz CT molecular complexity index is 276. The van der Waals surface area contributed by atoms with Gasteiger partial charge in [-0.05, 0) is 25.7 Å². The Morgan fingerprint density at radius 3 is 2.62 bits per heavy atom. The molecule has 0 amide bonds. The van der Waals surface area contributed by atoms with Crippen LogP contribution in [0.25, 0.3) is 0 Å². The highest BCUT2D eigenvalue weighted by molar-refractivity contribution is 5.30. The van der Waals surface area contributed by atoms with Gasteiger partial charge in [-0.15, -0.1) is 0 Å². The van der Waals surface area contributed by atoms with Crippen molar-refractivity contribution < 1.29 is 5.11 Å². The van der Waals surface area contributed by atoms with Crippen LogP contribution in [0.5, 0.6) is 0 Å². The molecule has 0 aliphatic heterocycles. The maximum atomic E-state index is 9.32. The highest BCUT2D eigenvalue weighted by Gasteiger charge is 2.20. The van der Waals surface area contributed by atoms with E-state index in [1.165, 1.54) is 0 Å². The number of hydrogen-bond acceptors (Lipinski definition) is 3. The van der Waals surface area contributed by atoms with Gasteiger partial charge in [0.2, 0.25) is 0 Å². The molecule has 1 aromatic rings. The zero-order valence-electron chi connectivity index (χ0n) is 7.56. The van der Waals surface area contributed by atoms with Crippen molar-refractivity contribution in [1.82, 2.24) is 9.78 Å². The van der Waals surface area contributed by atoms with Gasteiger partial charge in [-0.2, -0.15) is 5.10 Å². The second-order valence-electron chi connectivity index (χ2n) is 3.72. The van der Waals surface area contributed by atoms with Gasteiger partial charge in [0.05, 0.1) is 24.0 Å². The first-order valence-electron chi connectivity index (χ1n) is 4.73. The summed E-state index contributed by atoms with van der Waals surface area (Å²) in [6, 6.07) is 0.431. The van der Waals surface area contributed by atoms with Gasteiger partial charge in [-0.1, -0.05) is 0 Å². The first kappa shape index (κ1) is 8.56. The summed E-state index contributed by atoms with van der Waals surface area (Å²) in [5.74, 6) is 0. The Morgan fingerprint density at radius 2 is 2.08 bits per heavy atom. The summed E-state index contributed by atoms with van der Waals surface area (Å²) < 4.78 is 1.92. The fraction of sp³-hybridized carbons (Fsp3) is 0.667. The van der Waals surface area contributed by atoms with Crippen LogP contribution in [-0.4, -0.2) is 21.0 Å². The predicted octanol–water partition coefficient (Wildman–Crippen LogP) is 0.941. The maximum Gasteiger partial charge on any atom is 0.0719 e. The van der Waals surface area contributed by atoms with Gasteiger partial charge in [0.1, 0.15) is 0 Å². The van der Waals surface area contributed by atoms with Crippen molar-refractivity contribution in [3.63, 3.8) is 0 Å². The highest BCUT2D eigenvalue weighted by Crippen LogP contribution is 2.28. The monoisotopic (exact) mass is 181 g/mol. The van der Waals surface area contributed by atoms with Crippen LogP contribution in [0.2, 0.25) is 0 Å². The molecule has 0 radical (unpaired) electrons. The maximum absolute atomic E-state index is 9.32. The number of aliphatic hydroxyl groups is 1. The molecule has 0 saturated heterocycles. The summed E-state index contributed by atoms with van der Waals surface area (Å²) in [6.07, 6.45) is 7.19. The minimum atomic E-state index is -0.107. The second kappa shape index (κ2) is 3.38. The van der Waals surface area contributed by atoms with Gasteiger partial charge >= 0.3 is 0 Å². The number of nitrogen functional groups attached to an aromatic ring is 1. The molecule has 4 heteroatoms. The molecule has 1 saturated carbocycles. The number of hydrogen-bond donors (Lipinski definition) is 2. The van der Waals surface area contributed by atoms with Gasteiger partial charge in [-0.3, -0.25) is 4.68 Å². The minimum absolute atomic E-state index is 0.107. The number of nitrogens with two attached hydrogens (primary N) is 1. The number of nitrogens with zero attached hydrogens (tertiary/aromatic N) is 2. The van der Waals surface area contributed by atoms with Crippen molar-refractivity contribution in [3.05, 3.63) is 12.4 Å². The SMILES string of the molecule is Nc1cnn([C@H]2CC[C@@H](O)CC2)c1. The van der Waals surface area contributed by atoms with Crippen LogP contribution >= 0.6 is 0 Å². The van der Waals surface area contributed by atoms with Gasteiger partial charge in [-0.25, -0.2) is 0 Å². The van der Waals surface area contributed by atoms with E-state index < -0.39 is 0 Å². The summed E-state index contributed by atoms with van der Waals surface area (Å²) in [4.78, 5) is 0. The average Bonchev–Trinajstić information content (AvgIpc) is 2.53. The van der Waals surface area contributed by atoms with Gasteiger partial charge in [0.25, 0.3) is 0 Å². The third-order valence-electron chi connectivity index (χ3n) is 2.66. The lowest BCUT2D eigenvalue weighted by Gasteiger charge is -2.25. The van der Waals surface area contributed by atoms with E-state index in [-0.39, 0.29) is 6.10 Å². The van der Waals surface area contributed by atoms with E-state index in [9.17, 15) is 5.11 Å². The molecule has 1 heterocycles. The first-order chi connectivity index (χ1) is 6.25. The van der Waals surface area contributed by atoms with Crippen LogP contribution in [0.15, 0.2) is 12.4 Å². The van der Waals surface area contributed by atoms with E-state index in [0.717, 1.165) is 25.7 Å². The molecule has 1 aromatic heterocycles. The molecule has 1 aliphatic rings. The quantitative estimate of drug-likeness (QED) is 0.677.